The molecule has 0 aliphatic heterocycles. The van der Waals surface area contributed by atoms with Crippen molar-refractivity contribution in [1.29, 1.82) is 0 Å². The molecule has 3 aromatic rings. The Bertz CT molecular complexity index is 1290. The summed E-state index contributed by atoms with van der Waals surface area (Å²) in [4.78, 5) is 35.1. The number of non-ortho nitro benzene ring substituents is 1. The van der Waals surface area contributed by atoms with Crippen LogP contribution in [-0.2, 0) is 9.59 Å². The number of nitro groups is 1. The number of aromatic nitrogens is 3. The van der Waals surface area contributed by atoms with Crippen LogP contribution in [0.2, 0.25) is 0 Å². The van der Waals surface area contributed by atoms with E-state index in [-0.39, 0.29) is 23.2 Å². The van der Waals surface area contributed by atoms with Crippen LogP contribution in [0.25, 0.3) is 5.69 Å². The van der Waals surface area contributed by atoms with Crippen molar-refractivity contribution < 1.29 is 19.2 Å². The molecule has 12 heteroatoms. The Balaban J connectivity index is 1.58. The fourth-order valence-electron chi connectivity index (χ4n) is 3.49. The van der Waals surface area contributed by atoms with Gasteiger partial charge in [-0.05, 0) is 44.0 Å². The van der Waals surface area contributed by atoms with Crippen molar-refractivity contribution in [3.63, 3.8) is 0 Å². The van der Waals surface area contributed by atoms with Gasteiger partial charge in [0.05, 0.1) is 28.7 Å². The van der Waals surface area contributed by atoms with Gasteiger partial charge in [0, 0.05) is 30.7 Å². The van der Waals surface area contributed by atoms with Gasteiger partial charge in [-0.3, -0.25) is 24.3 Å². The van der Waals surface area contributed by atoms with Crippen molar-refractivity contribution in [3.8, 4) is 11.4 Å². The zero-order chi connectivity index (χ0) is 25.1. The van der Waals surface area contributed by atoms with E-state index in [9.17, 15) is 19.7 Å². The predicted molar refractivity (Wildman–Crippen MR) is 131 cm³/mol. The fraction of sp³-hybridized carbons (Fsp3) is 0.304. The van der Waals surface area contributed by atoms with Gasteiger partial charge < -0.3 is 15.4 Å². The second-order valence-corrected chi connectivity index (χ2v) is 9.38. The number of amides is 2. The number of carbonyl (C=O) groups excluding carboxylic acids is 2. The lowest BCUT2D eigenvalue weighted by Crippen LogP contribution is -2.23. The lowest BCUT2D eigenvalue weighted by molar-refractivity contribution is -0.384. The molecule has 1 atom stereocenters. The summed E-state index contributed by atoms with van der Waals surface area (Å²) in [5, 5.41) is 25.3. The highest BCUT2D eigenvalue weighted by Crippen LogP contribution is 2.42. The summed E-state index contributed by atoms with van der Waals surface area (Å²) < 4.78 is 7.14. The number of anilines is 2. The molecule has 11 nitrogen and oxygen atoms in total. The van der Waals surface area contributed by atoms with Crippen LogP contribution < -0.4 is 15.4 Å². The first kappa shape index (κ1) is 24.2. The predicted octanol–water partition coefficient (Wildman–Crippen LogP) is 4.14. The molecule has 2 N–H and O–H groups in total. The van der Waals surface area contributed by atoms with Crippen molar-refractivity contribution in [2.75, 3.05) is 17.7 Å². The van der Waals surface area contributed by atoms with Gasteiger partial charge in [-0.1, -0.05) is 17.8 Å². The fourth-order valence-corrected chi connectivity index (χ4v) is 4.36. The van der Waals surface area contributed by atoms with E-state index in [0.29, 0.717) is 22.5 Å². The molecule has 1 heterocycles. The zero-order valence-electron chi connectivity index (χ0n) is 19.3. The second-order valence-electron chi connectivity index (χ2n) is 8.07. The van der Waals surface area contributed by atoms with E-state index in [4.69, 9.17) is 4.74 Å². The first-order valence-electron chi connectivity index (χ1n) is 10.9. The number of nitrogens with zero attached hydrogens (tertiary/aromatic N) is 4. The molecular weight excluding hydrogens is 472 g/mol. The maximum atomic E-state index is 13.0. The Morgan fingerprint density at radius 2 is 1.97 bits per heavy atom. The molecule has 0 saturated heterocycles. The third-order valence-corrected chi connectivity index (χ3v) is 6.37. The Kier molecular flexibility index (Phi) is 7.01. The van der Waals surface area contributed by atoms with E-state index < -0.39 is 10.2 Å². The molecule has 2 amide bonds. The van der Waals surface area contributed by atoms with Gasteiger partial charge in [0.1, 0.15) is 11.6 Å². The molecule has 1 fully saturated rings. The maximum absolute atomic E-state index is 13.0. The number of hydrogen-bond donors (Lipinski definition) is 2. The molecule has 1 unspecified atom stereocenters. The first-order chi connectivity index (χ1) is 16.8. The second kappa shape index (κ2) is 10.1. The molecule has 0 radical (unpaired) electrons. The molecule has 1 aliphatic rings. The molecule has 1 aliphatic carbocycles. The SMILES string of the molecule is COc1ccc([N+](=O)[O-])cc1NC(=O)C(C)Sc1nnc(C2CC2)n1-c1cccc(NC(C)=O)c1. The highest BCUT2D eigenvalue weighted by molar-refractivity contribution is 8.00. The van der Waals surface area contributed by atoms with Crippen molar-refractivity contribution in [3.05, 3.63) is 58.4 Å². The van der Waals surface area contributed by atoms with Gasteiger partial charge in [0.25, 0.3) is 5.69 Å². The zero-order valence-corrected chi connectivity index (χ0v) is 20.2. The van der Waals surface area contributed by atoms with Crippen LogP contribution in [0, 0.1) is 10.1 Å². The molecular formula is C23H24N6O5S. The van der Waals surface area contributed by atoms with Gasteiger partial charge in [0.2, 0.25) is 11.8 Å². The van der Waals surface area contributed by atoms with Gasteiger partial charge in [-0.15, -0.1) is 10.2 Å². The van der Waals surface area contributed by atoms with Crippen LogP contribution in [0.3, 0.4) is 0 Å². The number of benzene rings is 2. The molecule has 182 valence electrons. The highest BCUT2D eigenvalue weighted by atomic mass is 32.2. The summed E-state index contributed by atoms with van der Waals surface area (Å²) in [5.74, 6) is 0.864. The van der Waals surface area contributed by atoms with E-state index >= 15 is 0 Å². The smallest absolute Gasteiger partial charge is 0.271 e. The summed E-state index contributed by atoms with van der Waals surface area (Å²) >= 11 is 1.22. The lowest BCUT2D eigenvalue weighted by Gasteiger charge is -2.15. The molecule has 2 aromatic carbocycles. The summed E-state index contributed by atoms with van der Waals surface area (Å²) in [6.45, 7) is 3.16. The van der Waals surface area contributed by atoms with Crippen LogP contribution >= 0.6 is 11.8 Å². The van der Waals surface area contributed by atoms with Crippen molar-refractivity contribution in [1.82, 2.24) is 14.8 Å². The molecule has 0 bridgehead atoms. The molecule has 35 heavy (non-hydrogen) atoms. The minimum Gasteiger partial charge on any atom is -0.495 e. The number of hydrogen-bond acceptors (Lipinski definition) is 8. The normalized spacial score (nSPS) is 13.7. The van der Waals surface area contributed by atoms with E-state index in [1.165, 1.54) is 44.0 Å². The van der Waals surface area contributed by atoms with E-state index in [2.05, 4.69) is 20.8 Å². The van der Waals surface area contributed by atoms with E-state index in [0.717, 1.165) is 24.4 Å². The molecule has 0 spiro atoms. The topological polar surface area (TPSA) is 141 Å². The number of methoxy groups -OCH3 is 1. The van der Waals surface area contributed by atoms with Crippen LogP contribution in [0.1, 0.15) is 38.4 Å². The monoisotopic (exact) mass is 496 g/mol. The number of rotatable bonds is 9. The number of nitrogens with one attached hydrogen (secondary N) is 2. The van der Waals surface area contributed by atoms with Gasteiger partial charge in [0.15, 0.2) is 5.16 Å². The molecule has 1 saturated carbocycles. The maximum Gasteiger partial charge on any atom is 0.271 e. The lowest BCUT2D eigenvalue weighted by atomic mass is 10.2. The average Bonchev–Trinajstić information content (AvgIpc) is 3.58. The number of nitro benzene ring substituents is 1. The van der Waals surface area contributed by atoms with Crippen LogP contribution in [0.4, 0.5) is 17.1 Å². The van der Waals surface area contributed by atoms with Crippen LogP contribution in [-0.4, -0.2) is 43.9 Å². The van der Waals surface area contributed by atoms with Crippen molar-refractivity contribution in [2.24, 2.45) is 0 Å². The standard InChI is InChI=1S/C23H24N6O5S/c1-13(22(31)25-19-12-18(29(32)33)9-10-20(19)34-3)35-23-27-26-21(15-7-8-15)28(23)17-6-4-5-16(11-17)24-14(2)30/h4-6,9-13,15H,7-8H2,1-3H3,(H,24,30)(H,25,31). The Hall–Kier alpha value is -3.93. The Labute approximate surface area is 205 Å². The average molecular weight is 497 g/mol. The quantitative estimate of drug-likeness (QED) is 0.256. The number of thioether (sulfide) groups is 1. The van der Waals surface area contributed by atoms with E-state index in [1.54, 1.807) is 13.0 Å². The van der Waals surface area contributed by atoms with Gasteiger partial charge in [-0.25, -0.2) is 0 Å². The minimum absolute atomic E-state index is 0.158. The van der Waals surface area contributed by atoms with Gasteiger partial charge >= 0.3 is 0 Å². The molecule has 1 aromatic heterocycles. The first-order valence-corrected chi connectivity index (χ1v) is 11.8. The minimum atomic E-state index is -0.604. The third-order valence-electron chi connectivity index (χ3n) is 5.33. The van der Waals surface area contributed by atoms with Crippen molar-refractivity contribution >= 4 is 40.6 Å². The Morgan fingerprint density at radius 3 is 2.63 bits per heavy atom. The Morgan fingerprint density at radius 1 is 1.20 bits per heavy atom. The summed E-state index contributed by atoms with van der Waals surface area (Å²) in [6, 6.07) is 11.4. The third kappa shape index (κ3) is 5.60. The number of ether oxygens (including phenoxy) is 1. The van der Waals surface area contributed by atoms with Crippen LogP contribution in [0.15, 0.2) is 47.6 Å². The largest absolute Gasteiger partial charge is 0.495 e. The summed E-state index contributed by atoms with van der Waals surface area (Å²) in [6.07, 6.45) is 2.02. The molecule has 4 rings (SSSR count). The number of carbonyl (C=O) groups is 2. The summed E-state index contributed by atoms with van der Waals surface area (Å²) in [5.41, 5.74) is 1.47. The van der Waals surface area contributed by atoms with Gasteiger partial charge in [-0.2, -0.15) is 0 Å². The van der Waals surface area contributed by atoms with Crippen LogP contribution in [0.5, 0.6) is 5.75 Å². The van der Waals surface area contributed by atoms with Crippen molar-refractivity contribution in [2.45, 2.75) is 43.0 Å². The summed E-state index contributed by atoms with van der Waals surface area (Å²) in [7, 11) is 1.42. The highest BCUT2D eigenvalue weighted by Gasteiger charge is 2.32. The van der Waals surface area contributed by atoms with E-state index in [1.807, 2.05) is 22.8 Å².